The molecule has 1 aliphatic rings. The van der Waals surface area contributed by atoms with Crippen LogP contribution in [0.3, 0.4) is 0 Å². The highest BCUT2D eigenvalue weighted by molar-refractivity contribution is 5.27. The zero-order valence-electron chi connectivity index (χ0n) is 14.2. The van der Waals surface area contributed by atoms with E-state index in [2.05, 4.69) is 51.3 Å². The van der Waals surface area contributed by atoms with Crippen LogP contribution in [0.5, 0.6) is 0 Å². The Hall–Kier alpha value is -1.72. The summed E-state index contributed by atoms with van der Waals surface area (Å²) in [6.45, 7) is 7.16. The van der Waals surface area contributed by atoms with E-state index < -0.39 is 0 Å². The van der Waals surface area contributed by atoms with Gasteiger partial charge in [0, 0.05) is 19.5 Å². The van der Waals surface area contributed by atoms with E-state index >= 15 is 0 Å². The molecule has 23 heavy (non-hydrogen) atoms. The maximum atomic E-state index is 5.18. The molecule has 0 aliphatic carbocycles. The number of benzene rings is 1. The minimum atomic E-state index is 0.710. The standard InChI is InChI=1S/C18H26N4O/c1-3-18-19-17(20-23-18)14-21(2)12-15-8-4-5-9-16(15)13-22-10-6-7-11-22/h4-5,8-9H,3,6-7,10-14H2,1-2H3. The summed E-state index contributed by atoms with van der Waals surface area (Å²) < 4.78 is 5.18. The summed E-state index contributed by atoms with van der Waals surface area (Å²) in [5, 5.41) is 4.04. The van der Waals surface area contributed by atoms with Crippen LogP contribution in [-0.2, 0) is 26.1 Å². The van der Waals surface area contributed by atoms with E-state index in [9.17, 15) is 0 Å². The Labute approximate surface area is 138 Å². The minimum Gasteiger partial charge on any atom is -0.339 e. The van der Waals surface area contributed by atoms with Gasteiger partial charge in [-0.1, -0.05) is 36.3 Å². The van der Waals surface area contributed by atoms with Gasteiger partial charge in [0.25, 0.3) is 0 Å². The molecule has 1 aromatic heterocycles. The lowest BCUT2D eigenvalue weighted by Crippen LogP contribution is -2.22. The zero-order chi connectivity index (χ0) is 16.1. The smallest absolute Gasteiger partial charge is 0.226 e. The molecule has 0 radical (unpaired) electrons. The van der Waals surface area contributed by atoms with E-state index in [-0.39, 0.29) is 0 Å². The van der Waals surface area contributed by atoms with E-state index in [0.717, 1.165) is 25.3 Å². The minimum absolute atomic E-state index is 0.710. The first-order valence-electron chi connectivity index (χ1n) is 8.53. The molecule has 3 rings (SSSR count). The Bertz CT molecular complexity index is 619. The molecule has 5 heteroatoms. The van der Waals surface area contributed by atoms with Crippen molar-refractivity contribution in [2.24, 2.45) is 0 Å². The fourth-order valence-corrected chi connectivity index (χ4v) is 3.13. The summed E-state index contributed by atoms with van der Waals surface area (Å²) in [5.41, 5.74) is 2.82. The Morgan fingerprint density at radius 3 is 2.57 bits per heavy atom. The number of aromatic nitrogens is 2. The molecular weight excluding hydrogens is 288 g/mol. The van der Waals surface area contributed by atoms with Gasteiger partial charge in [-0.3, -0.25) is 9.80 Å². The van der Waals surface area contributed by atoms with Crippen LogP contribution in [0.25, 0.3) is 0 Å². The summed E-state index contributed by atoms with van der Waals surface area (Å²) in [6.07, 6.45) is 3.45. The molecule has 5 nitrogen and oxygen atoms in total. The first-order chi connectivity index (χ1) is 11.2. The van der Waals surface area contributed by atoms with Crippen molar-refractivity contribution in [1.29, 1.82) is 0 Å². The highest BCUT2D eigenvalue weighted by Crippen LogP contribution is 2.17. The summed E-state index contributed by atoms with van der Waals surface area (Å²) in [7, 11) is 2.11. The lowest BCUT2D eigenvalue weighted by molar-refractivity contribution is 0.293. The van der Waals surface area contributed by atoms with Crippen LogP contribution in [0.4, 0.5) is 0 Å². The van der Waals surface area contributed by atoms with Gasteiger partial charge in [0.1, 0.15) is 0 Å². The van der Waals surface area contributed by atoms with Crippen LogP contribution in [0.15, 0.2) is 28.8 Å². The van der Waals surface area contributed by atoms with Crippen molar-refractivity contribution < 1.29 is 4.52 Å². The average Bonchev–Trinajstić information content (AvgIpc) is 3.21. The van der Waals surface area contributed by atoms with E-state index in [1.165, 1.54) is 37.1 Å². The first-order valence-corrected chi connectivity index (χ1v) is 8.53. The molecule has 1 fully saturated rings. The van der Waals surface area contributed by atoms with Crippen LogP contribution in [0.2, 0.25) is 0 Å². The molecule has 2 aromatic rings. The van der Waals surface area contributed by atoms with Crippen molar-refractivity contribution in [2.75, 3.05) is 20.1 Å². The van der Waals surface area contributed by atoms with Gasteiger partial charge in [-0.25, -0.2) is 0 Å². The van der Waals surface area contributed by atoms with Crippen LogP contribution in [0.1, 0.15) is 42.6 Å². The normalized spacial score (nSPS) is 15.6. The van der Waals surface area contributed by atoms with E-state index in [1.54, 1.807) is 0 Å². The van der Waals surface area contributed by atoms with E-state index in [0.29, 0.717) is 12.4 Å². The fourth-order valence-electron chi connectivity index (χ4n) is 3.13. The third kappa shape index (κ3) is 4.39. The van der Waals surface area contributed by atoms with Gasteiger partial charge in [0.15, 0.2) is 5.82 Å². The van der Waals surface area contributed by atoms with Gasteiger partial charge >= 0.3 is 0 Å². The summed E-state index contributed by atoms with van der Waals surface area (Å²) in [6, 6.07) is 8.75. The largest absolute Gasteiger partial charge is 0.339 e. The number of rotatable bonds is 7. The number of nitrogens with zero attached hydrogens (tertiary/aromatic N) is 4. The molecule has 124 valence electrons. The quantitative estimate of drug-likeness (QED) is 0.786. The number of hydrogen-bond donors (Lipinski definition) is 0. The number of aryl methyl sites for hydroxylation is 1. The van der Waals surface area contributed by atoms with Crippen molar-refractivity contribution in [2.45, 2.75) is 45.8 Å². The van der Waals surface area contributed by atoms with Gasteiger partial charge in [0.05, 0.1) is 6.54 Å². The zero-order valence-corrected chi connectivity index (χ0v) is 14.2. The molecule has 1 aliphatic heterocycles. The molecule has 1 saturated heterocycles. The second kappa shape index (κ2) is 7.70. The third-order valence-corrected chi connectivity index (χ3v) is 4.38. The predicted molar refractivity (Wildman–Crippen MR) is 89.8 cm³/mol. The molecule has 0 unspecified atom stereocenters. The van der Waals surface area contributed by atoms with Crippen LogP contribution < -0.4 is 0 Å². The predicted octanol–water partition coefficient (Wildman–Crippen LogP) is 2.86. The Morgan fingerprint density at radius 2 is 1.87 bits per heavy atom. The monoisotopic (exact) mass is 314 g/mol. The highest BCUT2D eigenvalue weighted by atomic mass is 16.5. The van der Waals surface area contributed by atoms with Gasteiger partial charge < -0.3 is 4.52 Å². The third-order valence-electron chi connectivity index (χ3n) is 4.38. The molecule has 0 atom stereocenters. The van der Waals surface area contributed by atoms with Gasteiger partial charge in [-0.15, -0.1) is 0 Å². The molecule has 0 amide bonds. The molecule has 0 spiro atoms. The number of likely N-dealkylation sites (tertiary alicyclic amines) is 1. The van der Waals surface area contributed by atoms with Crippen LogP contribution in [0, 0.1) is 0 Å². The maximum absolute atomic E-state index is 5.18. The Kier molecular flexibility index (Phi) is 5.41. The first kappa shape index (κ1) is 16.1. The lowest BCUT2D eigenvalue weighted by Gasteiger charge is -2.20. The summed E-state index contributed by atoms with van der Waals surface area (Å²) in [5.74, 6) is 1.48. The molecular formula is C18H26N4O. The van der Waals surface area contributed by atoms with Crippen molar-refractivity contribution in [1.82, 2.24) is 19.9 Å². The molecule has 0 bridgehead atoms. The summed E-state index contributed by atoms with van der Waals surface area (Å²) in [4.78, 5) is 9.18. The van der Waals surface area contributed by atoms with E-state index in [4.69, 9.17) is 4.52 Å². The fraction of sp³-hybridized carbons (Fsp3) is 0.556. The molecule has 0 saturated carbocycles. The second-order valence-corrected chi connectivity index (χ2v) is 6.38. The topological polar surface area (TPSA) is 45.4 Å². The van der Waals surface area contributed by atoms with Crippen molar-refractivity contribution in [3.8, 4) is 0 Å². The van der Waals surface area contributed by atoms with Crippen molar-refractivity contribution in [3.05, 3.63) is 47.1 Å². The SMILES string of the molecule is CCc1nc(CN(C)Cc2ccccc2CN2CCCC2)no1. The molecule has 1 aromatic carbocycles. The lowest BCUT2D eigenvalue weighted by atomic mass is 10.1. The van der Waals surface area contributed by atoms with Crippen molar-refractivity contribution in [3.63, 3.8) is 0 Å². The number of hydrogen-bond acceptors (Lipinski definition) is 5. The van der Waals surface area contributed by atoms with Gasteiger partial charge in [0.2, 0.25) is 5.89 Å². The van der Waals surface area contributed by atoms with E-state index in [1.807, 2.05) is 6.92 Å². The van der Waals surface area contributed by atoms with Crippen LogP contribution in [-0.4, -0.2) is 40.1 Å². The Balaban J connectivity index is 1.62. The highest BCUT2D eigenvalue weighted by Gasteiger charge is 2.15. The van der Waals surface area contributed by atoms with Crippen LogP contribution >= 0.6 is 0 Å². The second-order valence-electron chi connectivity index (χ2n) is 6.38. The summed E-state index contributed by atoms with van der Waals surface area (Å²) >= 11 is 0. The molecule has 0 N–H and O–H groups in total. The van der Waals surface area contributed by atoms with Gasteiger partial charge in [-0.05, 0) is 44.1 Å². The average molecular weight is 314 g/mol. The van der Waals surface area contributed by atoms with Gasteiger partial charge in [-0.2, -0.15) is 4.98 Å². The van der Waals surface area contributed by atoms with Crippen molar-refractivity contribution >= 4 is 0 Å². The molecule has 2 heterocycles. The Morgan fingerprint density at radius 1 is 1.13 bits per heavy atom. The maximum Gasteiger partial charge on any atom is 0.226 e.